The summed E-state index contributed by atoms with van der Waals surface area (Å²) in [5.74, 6) is -1.39. The molecule has 5 nitrogen and oxygen atoms in total. The fourth-order valence-corrected chi connectivity index (χ4v) is 3.11. The van der Waals surface area contributed by atoms with Crippen molar-refractivity contribution in [1.82, 2.24) is 5.32 Å². The number of urea groups is 1. The van der Waals surface area contributed by atoms with Gasteiger partial charge in [-0.2, -0.15) is 0 Å². The van der Waals surface area contributed by atoms with E-state index in [0.717, 1.165) is 30.5 Å². The van der Waals surface area contributed by atoms with Gasteiger partial charge in [0, 0.05) is 17.8 Å². The maximum atomic E-state index is 12.6. The highest BCUT2D eigenvalue weighted by Gasteiger charge is 2.37. The summed E-state index contributed by atoms with van der Waals surface area (Å²) < 4.78 is 0. The first-order chi connectivity index (χ1) is 9.98. The number of benzene rings is 1. The number of hydrogen-bond donors (Lipinski definition) is 2. The van der Waals surface area contributed by atoms with E-state index in [1.165, 1.54) is 0 Å². The van der Waals surface area contributed by atoms with Crippen LogP contribution in [0.25, 0.3) is 0 Å². The van der Waals surface area contributed by atoms with Crippen molar-refractivity contribution in [3.63, 3.8) is 0 Å². The van der Waals surface area contributed by atoms with Gasteiger partial charge in [0.15, 0.2) is 0 Å². The highest BCUT2D eigenvalue weighted by atomic mass is 16.4. The van der Waals surface area contributed by atoms with Crippen LogP contribution >= 0.6 is 0 Å². The summed E-state index contributed by atoms with van der Waals surface area (Å²) >= 11 is 0. The molecule has 1 fully saturated rings. The number of fused-ring (bicyclic) bond motifs is 1. The van der Waals surface area contributed by atoms with Crippen molar-refractivity contribution in [1.29, 1.82) is 0 Å². The van der Waals surface area contributed by atoms with Crippen LogP contribution in [-0.4, -0.2) is 29.2 Å². The molecule has 1 heterocycles. The minimum Gasteiger partial charge on any atom is -0.481 e. The van der Waals surface area contributed by atoms with Crippen LogP contribution < -0.4 is 10.2 Å². The van der Waals surface area contributed by atoms with E-state index in [0.29, 0.717) is 6.42 Å². The van der Waals surface area contributed by atoms with Crippen LogP contribution in [0, 0.1) is 5.92 Å². The van der Waals surface area contributed by atoms with Crippen LogP contribution in [0.4, 0.5) is 10.5 Å². The van der Waals surface area contributed by atoms with Crippen LogP contribution in [0.5, 0.6) is 0 Å². The van der Waals surface area contributed by atoms with Crippen LogP contribution in [0.15, 0.2) is 24.3 Å². The zero-order valence-corrected chi connectivity index (χ0v) is 12.1. The van der Waals surface area contributed by atoms with Gasteiger partial charge in [0.25, 0.3) is 0 Å². The SMILES string of the molecule is CC1(NC(=O)N2CC(C(=O)O)Cc3ccccc32)CCC1. The van der Waals surface area contributed by atoms with Crippen LogP contribution in [0.1, 0.15) is 31.7 Å². The number of carboxylic acids is 1. The zero-order chi connectivity index (χ0) is 15.0. The number of para-hydroxylation sites is 1. The number of rotatable bonds is 2. The lowest BCUT2D eigenvalue weighted by atomic mass is 9.78. The maximum absolute atomic E-state index is 12.6. The number of nitrogens with one attached hydrogen (secondary N) is 1. The zero-order valence-electron chi connectivity index (χ0n) is 12.1. The van der Waals surface area contributed by atoms with Crippen molar-refractivity contribution in [2.24, 2.45) is 5.92 Å². The monoisotopic (exact) mass is 288 g/mol. The second-order valence-electron chi connectivity index (χ2n) is 6.32. The van der Waals surface area contributed by atoms with Gasteiger partial charge < -0.3 is 10.4 Å². The molecule has 1 aromatic rings. The Hall–Kier alpha value is -2.04. The van der Waals surface area contributed by atoms with Gasteiger partial charge >= 0.3 is 12.0 Å². The van der Waals surface area contributed by atoms with E-state index in [1.807, 2.05) is 31.2 Å². The molecule has 1 atom stereocenters. The van der Waals surface area contributed by atoms with E-state index >= 15 is 0 Å². The molecule has 2 aliphatic rings. The highest BCUT2D eigenvalue weighted by Crippen LogP contribution is 2.33. The lowest BCUT2D eigenvalue weighted by Gasteiger charge is -2.42. The van der Waals surface area contributed by atoms with Crippen molar-refractivity contribution < 1.29 is 14.7 Å². The van der Waals surface area contributed by atoms with Gasteiger partial charge in [0.2, 0.25) is 0 Å². The second-order valence-corrected chi connectivity index (χ2v) is 6.32. The molecule has 0 radical (unpaired) electrons. The van der Waals surface area contributed by atoms with Crippen LogP contribution in [-0.2, 0) is 11.2 Å². The Morgan fingerprint density at radius 1 is 1.33 bits per heavy atom. The van der Waals surface area contributed by atoms with E-state index in [2.05, 4.69) is 5.32 Å². The number of amides is 2. The van der Waals surface area contributed by atoms with Gasteiger partial charge in [0.05, 0.1) is 5.92 Å². The van der Waals surface area contributed by atoms with Gasteiger partial charge in [-0.15, -0.1) is 0 Å². The first-order valence-electron chi connectivity index (χ1n) is 7.39. The number of hydrogen-bond acceptors (Lipinski definition) is 2. The van der Waals surface area contributed by atoms with E-state index < -0.39 is 11.9 Å². The molecule has 5 heteroatoms. The number of carboxylic acid groups (broad SMARTS) is 1. The first kappa shape index (κ1) is 13.9. The average molecular weight is 288 g/mol. The van der Waals surface area contributed by atoms with Crippen LogP contribution in [0.2, 0.25) is 0 Å². The van der Waals surface area contributed by atoms with Crippen molar-refractivity contribution in [2.45, 2.75) is 38.1 Å². The lowest BCUT2D eigenvalue weighted by molar-refractivity contribution is -0.141. The third-order valence-electron chi connectivity index (χ3n) is 4.61. The molecule has 1 aromatic carbocycles. The molecule has 1 unspecified atom stereocenters. The number of carbonyl (C=O) groups excluding carboxylic acids is 1. The Morgan fingerprint density at radius 3 is 2.67 bits per heavy atom. The van der Waals surface area contributed by atoms with E-state index in [-0.39, 0.29) is 18.1 Å². The molecule has 3 rings (SSSR count). The Bertz CT molecular complexity index is 581. The summed E-state index contributed by atoms with van der Waals surface area (Å²) in [6, 6.07) is 7.36. The smallest absolute Gasteiger partial charge is 0.322 e. The number of carbonyl (C=O) groups is 2. The topological polar surface area (TPSA) is 69.6 Å². The van der Waals surface area contributed by atoms with Crippen LogP contribution in [0.3, 0.4) is 0 Å². The second kappa shape index (κ2) is 5.06. The molecule has 1 aliphatic heterocycles. The molecule has 112 valence electrons. The summed E-state index contributed by atoms with van der Waals surface area (Å²) in [5, 5.41) is 12.4. The van der Waals surface area contributed by atoms with Gasteiger partial charge in [0.1, 0.15) is 0 Å². The molecule has 1 aliphatic carbocycles. The Balaban J connectivity index is 1.85. The summed E-state index contributed by atoms with van der Waals surface area (Å²) in [6.45, 7) is 2.27. The standard InChI is InChI=1S/C16H20N2O3/c1-16(7-4-8-16)17-15(21)18-10-12(14(19)20)9-11-5-2-3-6-13(11)18/h2-3,5-6,12H,4,7-10H2,1H3,(H,17,21)(H,19,20). The molecule has 0 aromatic heterocycles. The molecule has 1 saturated carbocycles. The predicted molar refractivity (Wildman–Crippen MR) is 79.4 cm³/mol. The highest BCUT2D eigenvalue weighted by molar-refractivity contribution is 5.95. The third-order valence-corrected chi connectivity index (χ3v) is 4.61. The number of nitrogens with zero attached hydrogens (tertiary/aromatic N) is 1. The molecule has 0 bridgehead atoms. The first-order valence-corrected chi connectivity index (χ1v) is 7.39. The van der Waals surface area contributed by atoms with Crippen molar-refractivity contribution in [2.75, 3.05) is 11.4 Å². The van der Waals surface area contributed by atoms with Crippen molar-refractivity contribution >= 4 is 17.7 Å². The summed E-state index contributed by atoms with van der Waals surface area (Å²) in [4.78, 5) is 25.5. The fraction of sp³-hybridized carbons (Fsp3) is 0.500. The minimum atomic E-state index is -0.850. The van der Waals surface area contributed by atoms with E-state index in [9.17, 15) is 14.7 Å². The average Bonchev–Trinajstić information content (AvgIpc) is 2.44. The van der Waals surface area contributed by atoms with Gasteiger partial charge in [-0.05, 0) is 44.2 Å². The van der Waals surface area contributed by atoms with E-state index in [1.54, 1.807) is 4.90 Å². The maximum Gasteiger partial charge on any atom is 0.322 e. The Morgan fingerprint density at radius 2 is 2.05 bits per heavy atom. The van der Waals surface area contributed by atoms with Gasteiger partial charge in [-0.1, -0.05) is 18.2 Å². The predicted octanol–water partition coefficient (Wildman–Crippen LogP) is 2.40. The van der Waals surface area contributed by atoms with Crippen molar-refractivity contribution in [3.05, 3.63) is 29.8 Å². The number of anilines is 1. The summed E-state index contributed by atoms with van der Waals surface area (Å²) in [7, 11) is 0. The largest absolute Gasteiger partial charge is 0.481 e. The molecule has 0 saturated heterocycles. The molecule has 21 heavy (non-hydrogen) atoms. The molecule has 2 N–H and O–H groups in total. The lowest BCUT2D eigenvalue weighted by Crippen LogP contribution is -2.57. The number of aliphatic carboxylic acids is 1. The molecular formula is C16H20N2O3. The van der Waals surface area contributed by atoms with Gasteiger partial charge in [-0.3, -0.25) is 9.69 Å². The van der Waals surface area contributed by atoms with E-state index in [4.69, 9.17) is 0 Å². The minimum absolute atomic E-state index is 0.137. The van der Waals surface area contributed by atoms with Crippen molar-refractivity contribution in [3.8, 4) is 0 Å². The Kier molecular flexibility index (Phi) is 3.35. The normalized spacial score (nSPS) is 22.9. The Labute approximate surface area is 123 Å². The van der Waals surface area contributed by atoms with Gasteiger partial charge in [-0.25, -0.2) is 4.79 Å². The quantitative estimate of drug-likeness (QED) is 0.878. The molecule has 2 amide bonds. The summed E-state index contributed by atoms with van der Waals surface area (Å²) in [6.07, 6.45) is 3.57. The third kappa shape index (κ3) is 2.60. The molecular weight excluding hydrogens is 268 g/mol. The summed E-state index contributed by atoms with van der Waals surface area (Å²) in [5.41, 5.74) is 1.61. The fourth-order valence-electron chi connectivity index (χ4n) is 3.11. The molecule has 0 spiro atoms.